The van der Waals surface area contributed by atoms with Crippen LogP contribution >= 0.6 is 0 Å². The van der Waals surface area contributed by atoms with Crippen LogP contribution < -0.4 is 0 Å². The molecule has 0 aromatic rings. The second-order valence-electron chi connectivity index (χ2n) is 22.3. The van der Waals surface area contributed by atoms with Crippen molar-refractivity contribution in [3.05, 3.63) is 0 Å². The van der Waals surface area contributed by atoms with Crippen LogP contribution in [0, 0.1) is 50.7 Å². The Kier molecular flexibility index (Phi) is 11.5. The van der Waals surface area contributed by atoms with E-state index in [2.05, 4.69) is 34.6 Å². The van der Waals surface area contributed by atoms with Crippen molar-refractivity contribution in [1.82, 2.24) is 0 Å². The van der Waals surface area contributed by atoms with Crippen LogP contribution in [0.25, 0.3) is 0 Å². The molecule has 3 heterocycles. The molecular formula is C45H72O16. The van der Waals surface area contributed by atoms with Crippen molar-refractivity contribution in [2.24, 2.45) is 50.7 Å². The van der Waals surface area contributed by atoms with E-state index in [9.17, 15) is 45.3 Å². The van der Waals surface area contributed by atoms with Gasteiger partial charge >= 0.3 is 11.9 Å². The number of aliphatic hydroxyl groups is 7. The standard InChI is InChI=1S/C45H72O16/c1-21(47)57-27-19-55-37(33(53)34(27)58-22(2)48)61-29-10-11-45-20-44(45)13-12-41(7)35(43(9)15-23(18-56-43)40(5,6)54)24(49)16-42(41,8)28(44)14-25(36(45)39(29,3)4)59-38-32(52)31(51)30(50)26(17-46)60-38/h23-38,46,49-54H,10-20H2,1-9H3. The van der Waals surface area contributed by atoms with Gasteiger partial charge in [-0.3, -0.25) is 9.59 Å². The largest absolute Gasteiger partial charge is 0.456 e. The highest BCUT2D eigenvalue weighted by Crippen LogP contribution is 2.89. The van der Waals surface area contributed by atoms with E-state index < -0.39 is 109 Å². The number of ether oxygens (including phenoxy) is 7. The van der Waals surface area contributed by atoms with Crippen molar-refractivity contribution < 1.29 is 78.5 Å². The average molecular weight is 869 g/mol. The molecule has 348 valence electrons. The van der Waals surface area contributed by atoms with Gasteiger partial charge in [-0.2, -0.15) is 0 Å². The SMILES string of the molecule is CC(=O)OC1COC(OC2CCC34CC35CCC3(C)C(C6(C)CC(C(C)(C)O)CO6)C(O)CC3(C)C5CC(OC3OC(CO)C(O)C(O)C3O)C4C2(C)C)C(O)C1OC(C)=O. The fourth-order valence-corrected chi connectivity index (χ4v) is 15.5. The molecule has 16 heteroatoms. The number of carbonyl (C=O) groups is 2. The van der Waals surface area contributed by atoms with Gasteiger partial charge in [-0.05, 0) is 111 Å². The van der Waals surface area contributed by atoms with E-state index in [0.29, 0.717) is 32.3 Å². The van der Waals surface area contributed by atoms with E-state index >= 15 is 0 Å². The Labute approximate surface area is 358 Å². The zero-order valence-electron chi connectivity index (χ0n) is 37.3. The van der Waals surface area contributed by atoms with Crippen molar-refractivity contribution >= 4 is 11.9 Å². The fraction of sp³-hybridized carbons (Fsp3) is 0.956. The molecule has 16 nitrogen and oxygen atoms in total. The lowest BCUT2D eigenvalue weighted by Gasteiger charge is -2.65. The number of aliphatic hydroxyl groups excluding tert-OH is 6. The van der Waals surface area contributed by atoms with Crippen molar-refractivity contribution in [2.45, 2.75) is 199 Å². The molecule has 8 rings (SSSR count). The molecule has 7 N–H and O–H groups in total. The first-order valence-electron chi connectivity index (χ1n) is 22.6. The van der Waals surface area contributed by atoms with Crippen molar-refractivity contribution in [3.63, 3.8) is 0 Å². The van der Waals surface area contributed by atoms with Gasteiger partial charge in [-0.25, -0.2) is 0 Å². The number of fused-ring (bicyclic) bond motifs is 2. The molecule has 2 spiro atoms. The second-order valence-corrected chi connectivity index (χ2v) is 22.3. The second kappa shape index (κ2) is 15.3. The summed E-state index contributed by atoms with van der Waals surface area (Å²) < 4.78 is 43.1. The van der Waals surface area contributed by atoms with E-state index in [1.54, 1.807) is 0 Å². The van der Waals surface area contributed by atoms with Crippen LogP contribution in [0.15, 0.2) is 0 Å². The lowest BCUT2D eigenvalue weighted by atomic mass is 9.41. The normalized spacial score (nSPS) is 53.8. The Morgan fingerprint density at radius 1 is 0.754 bits per heavy atom. The molecule has 61 heavy (non-hydrogen) atoms. The summed E-state index contributed by atoms with van der Waals surface area (Å²) in [6.07, 6.45) is -8.21. The molecule has 3 aliphatic heterocycles. The smallest absolute Gasteiger partial charge is 0.303 e. The fourth-order valence-electron chi connectivity index (χ4n) is 15.5. The van der Waals surface area contributed by atoms with Gasteiger partial charge in [-0.1, -0.05) is 27.7 Å². The van der Waals surface area contributed by atoms with Gasteiger partial charge in [0.15, 0.2) is 24.8 Å². The lowest BCUT2D eigenvalue weighted by molar-refractivity contribution is -0.339. The maximum absolute atomic E-state index is 12.3. The maximum Gasteiger partial charge on any atom is 0.303 e. The zero-order valence-corrected chi connectivity index (χ0v) is 37.3. The first-order valence-corrected chi connectivity index (χ1v) is 22.6. The molecule has 0 aromatic carbocycles. The van der Waals surface area contributed by atoms with Gasteiger partial charge in [0, 0.05) is 25.7 Å². The Balaban J connectivity index is 1.13. The minimum Gasteiger partial charge on any atom is -0.456 e. The Bertz CT molecular complexity index is 1680. The first-order chi connectivity index (χ1) is 28.3. The highest BCUT2D eigenvalue weighted by Gasteiger charge is 2.85. The van der Waals surface area contributed by atoms with Crippen LogP contribution in [-0.2, 0) is 42.7 Å². The van der Waals surface area contributed by atoms with Gasteiger partial charge in [0.1, 0.15) is 30.5 Å². The molecule has 21 atom stereocenters. The van der Waals surface area contributed by atoms with Crippen LogP contribution in [0.2, 0.25) is 0 Å². The topological polar surface area (TPSA) is 240 Å². The number of hydrogen-bond donors (Lipinski definition) is 7. The van der Waals surface area contributed by atoms with Crippen molar-refractivity contribution in [1.29, 1.82) is 0 Å². The van der Waals surface area contributed by atoms with E-state index in [1.807, 2.05) is 13.8 Å². The molecule has 0 aromatic heterocycles. The van der Waals surface area contributed by atoms with Crippen LogP contribution in [0.5, 0.6) is 0 Å². The molecule has 0 bridgehead atoms. The van der Waals surface area contributed by atoms with Gasteiger partial charge in [-0.15, -0.1) is 0 Å². The predicted octanol–water partition coefficient (Wildman–Crippen LogP) is 1.72. The third-order valence-electron chi connectivity index (χ3n) is 18.4. The monoisotopic (exact) mass is 868 g/mol. The first kappa shape index (κ1) is 46.0. The Morgan fingerprint density at radius 3 is 2.07 bits per heavy atom. The summed E-state index contributed by atoms with van der Waals surface area (Å²) >= 11 is 0. The third kappa shape index (κ3) is 6.89. The van der Waals surface area contributed by atoms with Gasteiger partial charge in [0.25, 0.3) is 0 Å². The van der Waals surface area contributed by atoms with Crippen molar-refractivity contribution in [3.8, 4) is 0 Å². The zero-order chi connectivity index (χ0) is 44.6. The minimum atomic E-state index is -1.63. The number of esters is 2. The molecule has 5 aliphatic carbocycles. The summed E-state index contributed by atoms with van der Waals surface area (Å²) in [6.45, 7) is 16.7. The summed E-state index contributed by atoms with van der Waals surface area (Å²) in [7, 11) is 0. The summed E-state index contributed by atoms with van der Waals surface area (Å²) in [5, 5.41) is 77.8. The van der Waals surface area contributed by atoms with Crippen LogP contribution in [0.3, 0.4) is 0 Å². The van der Waals surface area contributed by atoms with Crippen LogP contribution in [0.4, 0.5) is 0 Å². The molecule has 3 saturated heterocycles. The Hall–Kier alpha value is -1.54. The van der Waals surface area contributed by atoms with Crippen LogP contribution in [-0.4, -0.2) is 152 Å². The highest BCUT2D eigenvalue weighted by atomic mass is 16.7. The van der Waals surface area contributed by atoms with Gasteiger partial charge in [0.2, 0.25) is 0 Å². The van der Waals surface area contributed by atoms with Crippen molar-refractivity contribution in [2.75, 3.05) is 19.8 Å². The number of rotatable bonds is 9. The summed E-state index contributed by atoms with van der Waals surface area (Å²) in [6, 6.07) is 0. The summed E-state index contributed by atoms with van der Waals surface area (Å²) in [5.74, 6) is -1.68. The van der Waals surface area contributed by atoms with E-state index in [-0.39, 0.29) is 51.9 Å². The number of hydrogen-bond acceptors (Lipinski definition) is 16. The molecule has 21 unspecified atom stereocenters. The highest BCUT2D eigenvalue weighted by molar-refractivity contribution is 5.67. The summed E-state index contributed by atoms with van der Waals surface area (Å²) in [5.41, 5.74) is -3.33. The van der Waals surface area contributed by atoms with E-state index in [1.165, 1.54) is 13.8 Å². The van der Waals surface area contributed by atoms with E-state index in [0.717, 1.165) is 25.7 Å². The number of carbonyl (C=O) groups excluding carboxylic acids is 2. The van der Waals surface area contributed by atoms with Crippen LogP contribution in [0.1, 0.15) is 114 Å². The lowest BCUT2D eigenvalue weighted by Crippen LogP contribution is -2.65. The Morgan fingerprint density at radius 2 is 1.44 bits per heavy atom. The van der Waals surface area contributed by atoms with Gasteiger partial charge < -0.3 is 68.9 Å². The molecule has 0 radical (unpaired) electrons. The molecule has 0 amide bonds. The van der Waals surface area contributed by atoms with E-state index in [4.69, 9.17) is 33.2 Å². The van der Waals surface area contributed by atoms with Gasteiger partial charge in [0.05, 0.1) is 49.3 Å². The average Bonchev–Trinajstić information content (AvgIpc) is 3.52. The molecule has 8 fully saturated rings. The maximum atomic E-state index is 12.3. The quantitative estimate of drug-likeness (QED) is 0.129. The molecule has 8 aliphatic rings. The minimum absolute atomic E-state index is 0.0686. The predicted molar refractivity (Wildman–Crippen MR) is 213 cm³/mol. The molecular weight excluding hydrogens is 796 g/mol. The summed E-state index contributed by atoms with van der Waals surface area (Å²) in [4.78, 5) is 24.0. The third-order valence-corrected chi connectivity index (χ3v) is 18.4. The molecule has 5 saturated carbocycles.